The highest BCUT2D eigenvalue weighted by molar-refractivity contribution is 7.91. The molecule has 2 aromatic carbocycles. The van der Waals surface area contributed by atoms with E-state index in [1.165, 1.54) is 12.1 Å². The molecule has 1 aliphatic rings. The Balaban J connectivity index is 2.14. The molecule has 0 unspecified atom stereocenters. The number of aromatic hydroxyl groups is 1. The topological polar surface area (TPSA) is 71.4 Å². The highest BCUT2D eigenvalue weighted by Gasteiger charge is 2.32. The third-order valence-corrected chi connectivity index (χ3v) is 5.68. The molecule has 0 radical (unpaired) electrons. The maximum Gasteiger partial charge on any atom is 0.191 e. The molecule has 0 fully saturated rings. The number of carbonyl (C=O) groups is 1. The fraction of sp³-hybridized carbons (Fsp3) is 0.167. The fourth-order valence-electron chi connectivity index (χ4n) is 2.83. The molecule has 0 bridgehead atoms. The number of carbonyl (C=O) groups excluding carboxylic acids is 1. The predicted octanol–water partition coefficient (Wildman–Crippen LogP) is 3.06. The van der Waals surface area contributed by atoms with Gasteiger partial charge in [-0.15, -0.1) is 0 Å². The molecule has 118 valence electrons. The number of rotatable bonds is 1. The zero-order chi connectivity index (χ0) is 16.8. The van der Waals surface area contributed by atoms with Gasteiger partial charge in [0.25, 0.3) is 0 Å². The summed E-state index contributed by atoms with van der Waals surface area (Å²) < 4.78 is 24.7. The summed E-state index contributed by atoms with van der Waals surface area (Å²) in [5, 5.41) is 9.82. The molecule has 0 saturated carbocycles. The van der Waals surface area contributed by atoms with Gasteiger partial charge in [0, 0.05) is 11.1 Å². The van der Waals surface area contributed by atoms with Gasteiger partial charge < -0.3 is 5.11 Å². The van der Waals surface area contributed by atoms with Crippen molar-refractivity contribution in [2.24, 2.45) is 0 Å². The molecule has 2 aromatic rings. The molecular weight excluding hydrogens is 312 g/mol. The van der Waals surface area contributed by atoms with Gasteiger partial charge in [0.2, 0.25) is 0 Å². The molecule has 23 heavy (non-hydrogen) atoms. The molecule has 0 saturated heterocycles. The minimum Gasteiger partial charge on any atom is -0.507 e. The van der Waals surface area contributed by atoms with Crippen molar-refractivity contribution in [3.63, 3.8) is 0 Å². The Bertz CT molecular complexity index is 930. The number of phenols is 1. The number of Topliss-reactive ketones (excluding diaryl/α,β-unsaturated/α-hetero) is 1. The number of hydrogen-bond donors (Lipinski definition) is 1. The van der Waals surface area contributed by atoms with Crippen LogP contribution < -0.4 is 0 Å². The van der Waals surface area contributed by atoms with E-state index in [9.17, 15) is 18.3 Å². The minimum atomic E-state index is -3.51. The van der Waals surface area contributed by atoms with Crippen LogP contribution in [0.15, 0.2) is 46.9 Å². The van der Waals surface area contributed by atoms with E-state index < -0.39 is 9.84 Å². The molecule has 0 aliphatic carbocycles. The lowest BCUT2D eigenvalue weighted by Gasteiger charge is -2.18. The summed E-state index contributed by atoms with van der Waals surface area (Å²) in [6, 6.07) is 9.74. The second-order valence-electron chi connectivity index (χ2n) is 5.76. The number of aryl methyl sites for hydroxylation is 2. The van der Waals surface area contributed by atoms with Crippen LogP contribution >= 0.6 is 0 Å². The quantitative estimate of drug-likeness (QED) is 0.817. The summed E-state index contributed by atoms with van der Waals surface area (Å²) in [5.74, 6) is -0.360. The molecule has 1 aliphatic heterocycles. The lowest BCUT2D eigenvalue weighted by Crippen LogP contribution is -2.24. The highest BCUT2D eigenvalue weighted by Crippen LogP contribution is 2.30. The largest absolute Gasteiger partial charge is 0.507 e. The summed E-state index contributed by atoms with van der Waals surface area (Å²) in [5.41, 5.74) is 2.54. The van der Waals surface area contributed by atoms with Crippen molar-refractivity contribution < 1.29 is 18.3 Å². The first kappa shape index (κ1) is 15.5. The van der Waals surface area contributed by atoms with Gasteiger partial charge in [-0.1, -0.05) is 12.1 Å². The van der Waals surface area contributed by atoms with E-state index in [2.05, 4.69) is 0 Å². The van der Waals surface area contributed by atoms with Crippen LogP contribution in [-0.2, 0) is 9.84 Å². The number of phenolic OH excluding ortho intramolecular Hbond substituents is 1. The second-order valence-corrected chi connectivity index (χ2v) is 7.72. The number of ketones is 1. The molecular formula is C18H16O4S. The van der Waals surface area contributed by atoms with Crippen molar-refractivity contribution in [2.45, 2.75) is 18.7 Å². The normalized spacial score (nSPS) is 18.0. The van der Waals surface area contributed by atoms with Crippen molar-refractivity contribution in [2.75, 3.05) is 5.75 Å². The van der Waals surface area contributed by atoms with Gasteiger partial charge >= 0.3 is 0 Å². The Labute approximate surface area is 135 Å². The Hall–Kier alpha value is -2.40. The van der Waals surface area contributed by atoms with E-state index >= 15 is 0 Å². The maximum absolute atomic E-state index is 12.6. The molecule has 0 atom stereocenters. The monoisotopic (exact) mass is 328 g/mol. The molecule has 3 rings (SSSR count). The Kier molecular flexibility index (Phi) is 3.60. The predicted molar refractivity (Wildman–Crippen MR) is 88.4 cm³/mol. The van der Waals surface area contributed by atoms with E-state index in [1.807, 2.05) is 0 Å². The second kappa shape index (κ2) is 5.35. The Morgan fingerprint density at radius 3 is 2.35 bits per heavy atom. The first-order valence-electron chi connectivity index (χ1n) is 7.17. The Morgan fingerprint density at radius 1 is 1.09 bits per heavy atom. The molecule has 0 aromatic heterocycles. The summed E-state index contributed by atoms with van der Waals surface area (Å²) in [6.45, 7) is 3.53. The average Bonchev–Trinajstić information content (AvgIpc) is 2.50. The van der Waals surface area contributed by atoms with Crippen LogP contribution in [-0.4, -0.2) is 25.1 Å². The van der Waals surface area contributed by atoms with Gasteiger partial charge in [0.1, 0.15) is 5.75 Å². The number of benzene rings is 2. The molecule has 5 heteroatoms. The third-order valence-electron chi connectivity index (χ3n) is 3.96. The van der Waals surface area contributed by atoms with Gasteiger partial charge in [-0.3, -0.25) is 4.79 Å². The molecule has 1 N–H and O–H groups in total. The maximum atomic E-state index is 12.6. The van der Waals surface area contributed by atoms with Crippen LogP contribution in [0.4, 0.5) is 0 Å². The highest BCUT2D eigenvalue weighted by atomic mass is 32.2. The molecule has 4 nitrogen and oxygen atoms in total. The fourth-order valence-corrected chi connectivity index (χ4v) is 4.39. The molecule has 1 heterocycles. The summed E-state index contributed by atoms with van der Waals surface area (Å²) in [7, 11) is -3.51. The van der Waals surface area contributed by atoms with E-state index in [1.54, 1.807) is 44.2 Å². The van der Waals surface area contributed by atoms with Crippen LogP contribution in [0.3, 0.4) is 0 Å². The number of hydrogen-bond acceptors (Lipinski definition) is 4. The van der Waals surface area contributed by atoms with Gasteiger partial charge in [-0.2, -0.15) is 0 Å². The third kappa shape index (κ3) is 2.68. The smallest absolute Gasteiger partial charge is 0.191 e. The van der Waals surface area contributed by atoms with Gasteiger partial charge in [0.15, 0.2) is 15.6 Å². The van der Waals surface area contributed by atoms with Crippen molar-refractivity contribution >= 4 is 21.7 Å². The van der Waals surface area contributed by atoms with Crippen molar-refractivity contribution in [1.29, 1.82) is 0 Å². The molecule has 0 spiro atoms. The average molecular weight is 328 g/mol. The van der Waals surface area contributed by atoms with Gasteiger partial charge in [-0.25, -0.2) is 8.42 Å². The summed E-state index contributed by atoms with van der Waals surface area (Å²) >= 11 is 0. The van der Waals surface area contributed by atoms with Crippen LogP contribution in [0, 0.1) is 13.8 Å². The van der Waals surface area contributed by atoms with Crippen LogP contribution in [0.2, 0.25) is 0 Å². The molecule has 0 amide bonds. The van der Waals surface area contributed by atoms with E-state index in [-0.39, 0.29) is 33.3 Å². The zero-order valence-corrected chi connectivity index (χ0v) is 13.6. The summed E-state index contributed by atoms with van der Waals surface area (Å²) in [4.78, 5) is 12.7. The first-order valence-corrected chi connectivity index (χ1v) is 8.82. The lowest BCUT2D eigenvalue weighted by atomic mass is 9.99. The van der Waals surface area contributed by atoms with Crippen LogP contribution in [0.1, 0.15) is 27.0 Å². The Morgan fingerprint density at radius 2 is 1.70 bits per heavy atom. The van der Waals surface area contributed by atoms with Crippen LogP contribution in [0.25, 0.3) is 6.08 Å². The van der Waals surface area contributed by atoms with E-state index in [4.69, 9.17) is 0 Å². The SMILES string of the molecule is Cc1cc(/C=C2\CS(=O)(=O)c3ccccc3C2=O)cc(C)c1O. The number of sulfone groups is 1. The lowest BCUT2D eigenvalue weighted by molar-refractivity contribution is 0.103. The van der Waals surface area contributed by atoms with Crippen LogP contribution in [0.5, 0.6) is 5.75 Å². The summed E-state index contributed by atoms with van der Waals surface area (Å²) in [6.07, 6.45) is 1.59. The van der Waals surface area contributed by atoms with Crippen molar-refractivity contribution in [1.82, 2.24) is 0 Å². The standard InChI is InChI=1S/C18H16O4S/c1-11-7-13(8-12(2)17(11)19)9-14-10-23(21,22)16-6-4-3-5-15(16)18(14)20/h3-9,19H,10H2,1-2H3/b14-9+. The van der Waals surface area contributed by atoms with Crippen molar-refractivity contribution in [3.05, 3.63) is 64.2 Å². The van der Waals surface area contributed by atoms with Crippen molar-refractivity contribution in [3.8, 4) is 5.75 Å². The van der Waals surface area contributed by atoms with E-state index in [0.717, 1.165) is 0 Å². The van der Waals surface area contributed by atoms with Gasteiger partial charge in [-0.05, 0) is 60.9 Å². The zero-order valence-electron chi connectivity index (χ0n) is 12.8. The van der Waals surface area contributed by atoms with Gasteiger partial charge in [0.05, 0.1) is 10.6 Å². The first-order chi connectivity index (χ1) is 10.8. The minimum absolute atomic E-state index is 0.0974. The van der Waals surface area contributed by atoms with E-state index in [0.29, 0.717) is 16.7 Å². The number of fused-ring (bicyclic) bond motifs is 1.